The molecule has 8 heteroatoms. The quantitative estimate of drug-likeness (QED) is 0.668. The van der Waals surface area contributed by atoms with E-state index >= 15 is 0 Å². The fourth-order valence-electron chi connectivity index (χ4n) is 1.79. The Kier molecular flexibility index (Phi) is 4.57. The van der Waals surface area contributed by atoms with Crippen molar-refractivity contribution in [2.45, 2.75) is 6.54 Å². The van der Waals surface area contributed by atoms with Gasteiger partial charge in [0.1, 0.15) is 5.56 Å². The molecule has 0 aliphatic carbocycles. The van der Waals surface area contributed by atoms with Crippen molar-refractivity contribution in [3.8, 4) is 5.75 Å². The molecule has 2 aromatic rings. The van der Waals surface area contributed by atoms with E-state index < -0.39 is 22.4 Å². The van der Waals surface area contributed by atoms with Gasteiger partial charge in [0.25, 0.3) is 11.6 Å². The minimum Gasteiger partial charge on any atom is -0.505 e. The number of hydrogen-bond acceptors (Lipinski definition) is 4. The minimum absolute atomic E-state index is 0.0559. The van der Waals surface area contributed by atoms with E-state index in [1.165, 1.54) is 18.2 Å². The smallest absolute Gasteiger partial charge is 0.282 e. The maximum absolute atomic E-state index is 13.2. The van der Waals surface area contributed by atoms with Gasteiger partial charge in [-0.3, -0.25) is 14.9 Å². The maximum atomic E-state index is 13.2. The molecule has 22 heavy (non-hydrogen) atoms. The number of carbonyl (C=O) groups is 1. The van der Waals surface area contributed by atoms with Crippen LogP contribution in [0.5, 0.6) is 5.75 Å². The fourth-order valence-corrected chi connectivity index (χ4v) is 1.96. The first kappa shape index (κ1) is 15.7. The second-order valence-electron chi connectivity index (χ2n) is 4.39. The molecule has 0 spiro atoms. The van der Waals surface area contributed by atoms with Crippen molar-refractivity contribution < 1.29 is 19.2 Å². The molecule has 2 N–H and O–H groups in total. The van der Waals surface area contributed by atoms with Gasteiger partial charge in [0.2, 0.25) is 0 Å². The van der Waals surface area contributed by atoms with E-state index in [2.05, 4.69) is 5.32 Å². The molecule has 2 aromatic carbocycles. The van der Waals surface area contributed by atoms with Crippen LogP contribution in [-0.4, -0.2) is 15.9 Å². The average Bonchev–Trinajstić information content (AvgIpc) is 2.47. The summed E-state index contributed by atoms with van der Waals surface area (Å²) in [5.74, 6) is -2.02. The van der Waals surface area contributed by atoms with E-state index in [4.69, 9.17) is 16.7 Å². The van der Waals surface area contributed by atoms with Crippen LogP contribution in [0.1, 0.15) is 15.9 Å². The van der Waals surface area contributed by atoms with Gasteiger partial charge in [-0.15, -0.1) is 0 Å². The van der Waals surface area contributed by atoms with Gasteiger partial charge in [0, 0.05) is 17.6 Å². The van der Waals surface area contributed by atoms with Crippen molar-refractivity contribution in [3.05, 3.63) is 68.5 Å². The van der Waals surface area contributed by atoms with Crippen LogP contribution in [0.15, 0.2) is 36.4 Å². The number of phenols is 1. The molecule has 2 rings (SSSR count). The van der Waals surface area contributed by atoms with E-state index in [0.29, 0.717) is 5.56 Å². The largest absolute Gasteiger partial charge is 0.505 e. The van der Waals surface area contributed by atoms with Crippen LogP contribution < -0.4 is 5.32 Å². The lowest BCUT2D eigenvalue weighted by atomic mass is 10.1. The van der Waals surface area contributed by atoms with Crippen LogP contribution in [0.25, 0.3) is 0 Å². The van der Waals surface area contributed by atoms with Crippen molar-refractivity contribution in [1.82, 2.24) is 5.32 Å². The zero-order valence-corrected chi connectivity index (χ0v) is 11.8. The molecule has 0 atom stereocenters. The zero-order valence-electron chi connectivity index (χ0n) is 11.0. The summed E-state index contributed by atoms with van der Waals surface area (Å²) in [7, 11) is 0. The normalized spacial score (nSPS) is 10.3. The molecule has 0 unspecified atom stereocenters. The van der Waals surface area contributed by atoms with Gasteiger partial charge >= 0.3 is 0 Å². The Bertz CT molecular complexity index is 752. The van der Waals surface area contributed by atoms with Crippen molar-refractivity contribution >= 4 is 23.2 Å². The Hall–Kier alpha value is -2.67. The van der Waals surface area contributed by atoms with E-state index in [1.54, 1.807) is 0 Å². The number of halogens is 2. The first-order valence-electron chi connectivity index (χ1n) is 6.08. The van der Waals surface area contributed by atoms with E-state index in [1.807, 2.05) is 0 Å². The number of benzene rings is 2. The minimum atomic E-state index is -0.819. The molecule has 0 aliphatic heterocycles. The van der Waals surface area contributed by atoms with Crippen LogP contribution >= 0.6 is 11.6 Å². The van der Waals surface area contributed by atoms with Crippen LogP contribution in [0.3, 0.4) is 0 Å². The molecule has 0 saturated heterocycles. The highest BCUT2D eigenvalue weighted by atomic mass is 35.5. The predicted molar refractivity (Wildman–Crippen MR) is 77.3 cm³/mol. The van der Waals surface area contributed by atoms with Gasteiger partial charge in [-0.05, 0) is 29.8 Å². The number of nitro groups is 1. The number of nitrogens with one attached hydrogen (secondary N) is 1. The molecule has 6 nitrogen and oxygen atoms in total. The molecular formula is C14H10ClFN2O4. The lowest BCUT2D eigenvalue weighted by molar-refractivity contribution is -0.385. The summed E-state index contributed by atoms with van der Waals surface area (Å²) < 4.78 is 13.2. The van der Waals surface area contributed by atoms with Crippen LogP contribution in [0.4, 0.5) is 10.1 Å². The molecule has 0 bridgehead atoms. The Balaban J connectivity index is 2.17. The highest BCUT2D eigenvalue weighted by molar-refractivity contribution is 6.31. The zero-order chi connectivity index (χ0) is 16.3. The van der Waals surface area contributed by atoms with Crippen molar-refractivity contribution in [3.63, 3.8) is 0 Å². The number of hydrogen-bond donors (Lipinski definition) is 2. The molecule has 0 fully saturated rings. The van der Waals surface area contributed by atoms with Gasteiger partial charge in [0.05, 0.1) is 4.92 Å². The summed E-state index contributed by atoms with van der Waals surface area (Å²) in [6, 6.07) is 7.27. The van der Waals surface area contributed by atoms with Gasteiger partial charge in [0.15, 0.2) is 11.6 Å². The second kappa shape index (κ2) is 6.40. The second-order valence-corrected chi connectivity index (χ2v) is 4.82. The number of nitrogens with zero attached hydrogens (tertiary/aromatic N) is 1. The number of nitro benzene ring substituents is 1. The Morgan fingerprint density at radius 3 is 2.68 bits per heavy atom. The summed E-state index contributed by atoms with van der Waals surface area (Å²) in [6.45, 7) is -0.0559. The third-order valence-electron chi connectivity index (χ3n) is 2.87. The highest BCUT2D eigenvalue weighted by Crippen LogP contribution is 2.23. The van der Waals surface area contributed by atoms with Gasteiger partial charge in [-0.2, -0.15) is 0 Å². The van der Waals surface area contributed by atoms with Crippen molar-refractivity contribution in [2.75, 3.05) is 0 Å². The maximum Gasteiger partial charge on any atom is 0.282 e. The molecule has 0 aromatic heterocycles. The summed E-state index contributed by atoms with van der Waals surface area (Å²) in [5, 5.41) is 22.6. The fraction of sp³-hybridized carbons (Fsp3) is 0.0714. The summed E-state index contributed by atoms with van der Waals surface area (Å²) in [6.07, 6.45) is 0. The summed E-state index contributed by atoms with van der Waals surface area (Å²) in [5.41, 5.74) is -0.163. The van der Waals surface area contributed by atoms with E-state index in [-0.39, 0.29) is 22.8 Å². The lowest BCUT2D eigenvalue weighted by Gasteiger charge is -2.07. The number of carbonyl (C=O) groups excluding carboxylic acids is 1. The average molecular weight is 325 g/mol. The molecule has 1 amide bonds. The number of phenolic OH excluding ortho intramolecular Hbond substituents is 1. The molecular weight excluding hydrogens is 315 g/mol. The van der Waals surface area contributed by atoms with Crippen molar-refractivity contribution in [2.24, 2.45) is 0 Å². The first-order chi connectivity index (χ1) is 10.4. The number of amides is 1. The van der Waals surface area contributed by atoms with Crippen LogP contribution in [0, 0.1) is 15.9 Å². The van der Waals surface area contributed by atoms with Gasteiger partial charge < -0.3 is 10.4 Å². The third kappa shape index (κ3) is 3.50. The predicted octanol–water partition coefficient (Wildman–Crippen LogP) is 3.02. The molecule has 0 saturated carbocycles. The molecule has 0 aliphatic rings. The Labute approximate surface area is 129 Å². The number of rotatable bonds is 4. The van der Waals surface area contributed by atoms with Gasteiger partial charge in [-0.1, -0.05) is 17.7 Å². The Morgan fingerprint density at radius 1 is 1.32 bits per heavy atom. The third-order valence-corrected chi connectivity index (χ3v) is 3.10. The lowest BCUT2D eigenvalue weighted by Crippen LogP contribution is -2.23. The highest BCUT2D eigenvalue weighted by Gasteiger charge is 2.20. The van der Waals surface area contributed by atoms with Gasteiger partial charge in [-0.25, -0.2) is 4.39 Å². The van der Waals surface area contributed by atoms with Crippen molar-refractivity contribution in [1.29, 1.82) is 0 Å². The monoisotopic (exact) mass is 324 g/mol. The van der Waals surface area contributed by atoms with Crippen LogP contribution in [-0.2, 0) is 6.54 Å². The Morgan fingerprint density at radius 2 is 2.05 bits per heavy atom. The topological polar surface area (TPSA) is 92.5 Å². The van der Waals surface area contributed by atoms with E-state index in [0.717, 1.165) is 18.2 Å². The summed E-state index contributed by atoms with van der Waals surface area (Å²) in [4.78, 5) is 22.2. The number of aromatic hydroxyl groups is 1. The first-order valence-corrected chi connectivity index (χ1v) is 6.46. The molecule has 0 radical (unpaired) electrons. The molecule has 0 heterocycles. The van der Waals surface area contributed by atoms with Crippen LogP contribution in [0.2, 0.25) is 5.02 Å². The summed E-state index contributed by atoms with van der Waals surface area (Å²) >= 11 is 5.74. The van der Waals surface area contributed by atoms with E-state index in [9.17, 15) is 19.3 Å². The SMILES string of the molecule is O=C(NCc1ccc(O)c(F)c1)c1cc(Cl)ccc1[N+](=O)[O-]. The molecule has 114 valence electrons. The standard InChI is InChI=1S/C14H10ClFN2O4/c15-9-2-3-12(18(21)22)10(6-9)14(20)17-7-8-1-4-13(19)11(16)5-8/h1-6,19H,7H2,(H,17,20).